The standard InChI is InChI=1S/C13H10N4O/c14-6-5-13(18)17-12-4-2-1-3-11(12)10-7-15-9-16-8-10/h1-4,7-9H,5H2,(H,17,18). The van der Waals surface area contributed by atoms with E-state index in [9.17, 15) is 4.79 Å². The van der Waals surface area contributed by atoms with Gasteiger partial charge in [-0.1, -0.05) is 18.2 Å². The van der Waals surface area contributed by atoms with Gasteiger partial charge in [-0.25, -0.2) is 9.97 Å². The number of benzene rings is 1. The SMILES string of the molecule is N#CCC(=O)Nc1ccccc1-c1cncnc1. The number of amides is 1. The van der Waals surface area contributed by atoms with Crippen molar-refractivity contribution < 1.29 is 4.79 Å². The van der Waals surface area contributed by atoms with Crippen LogP contribution in [0.25, 0.3) is 11.1 Å². The minimum atomic E-state index is -0.332. The van der Waals surface area contributed by atoms with Crippen molar-refractivity contribution in [1.82, 2.24) is 9.97 Å². The zero-order valence-electron chi connectivity index (χ0n) is 9.50. The van der Waals surface area contributed by atoms with E-state index in [1.807, 2.05) is 24.3 Å². The summed E-state index contributed by atoms with van der Waals surface area (Å²) in [5.41, 5.74) is 2.28. The Morgan fingerprint density at radius 3 is 2.72 bits per heavy atom. The summed E-state index contributed by atoms with van der Waals surface area (Å²) in [5, 5.41) is 11.2. The molecule has 1 amide bonds. The zero-order chi connectivity index (χ0) is 12.8. The lowest BCUT2D eigenvalue weighted by Gasteiger charge is -2.09. The monoisotopic (exact) mass is 238 g/mol. The van der Waals surface area contributed by atoms with Crippen LogP contribution in [0, 0.1) is 11.3 Å². The van der Waals surface area contributed by atoms with Crippen molar-refractivity contribution in [2.75, 3.05) is 5.32 Å². The number of carbonyl (C=O) groups excluding carboxylic acids is 1. The Morgan fingerprint density at radius 2 is 2.00 bits per heavy atom. The molecule has 18 heavy (non-hydrogen) atoms. The van der Waals surface area contributed by atoms with Crippen molar-refractivity contribution in [3.05, 3.63) is 43.0 Å². The van der Waals surface area contributed by atoms with Crippen molar-refractivity contribution in [2.45, 2.75) is 6.42 Å². The molecule has 2 aromatic rings. The summed E-state index contributed by atoms with van der Waals surface area (Å²) in [6.07, 6.45) is 4.62. The Hall–Kier alpha value is -2.74. The lowest BCUT2D eigenvalue weighted by Crippen LogP contribution is -2.10. The van der Waals surface area contributed by atoms with Crippen LogP contribution >= 0.6 is 0 Å². The van der Waals surface area contributed by atoms with Crippen LogP contribution in [0.1, 0.15) is 6.42 Å². The molecule has 0 unspecified atom stereocenters. The van der Waals surface area contributed by atoms with Crippen molar-refractivity contribution in [1.29, 1.82) is 5.26 Å². The molecule has 0 radical (unpaired) electrons. The number of anilines is 1. The molecule has 0 saturated heterocycles. The number of nitriles is 1. The molecule has 5 nitrogen and oxygen atoms in total. The van der Waals surface area contributed by atoms with Gasteiger partial charge < -0.3 is 5.32 Å². The summed E-state index contributed by atoms with van der Waals surface area (Å²) < 4.78 is 0. The Bertz CT molecular complexity index is 589. The summed E-state index contributed by atoms with van der Waals surface area (Å²) in [4.78, 5) is 19.3. The second-order valence-electron chi connectivity index (χ2n) is 3.56. The highest BCUT2D eigenvalue weighted by Gasteiger charge is 2.07. The third kappa shape index (κ3) is 2.68. The minimum absolute atomic E-state index is 0.167. The average Bonchev–Trinajstić information content (AvgIpc) is 2.40. The molecule has 0 aliphatic rings. The van der Waals surface area contributed by atoms with Gasteiger partial charge in [-0.05, 0) is 6.07 Å². The van der Waals surface area contributed by atoms with Gasteiger partial charge in [0.2, 0.25) is 5.91 Å². The van der Waals surface area contributed by atoms with Gasteiger partial charge in [0, 0.05) is 29.2 Å². The number of hydrogen-bond acceptors (Lipinski definition) is 4. The van der Waals surface area contributed by atoms with Gasteiger partial charge in [-0.15, -0.1) is 0 Å². The van der Waals surface area contributed by atoms with E-state index in [1.54, 1.807) is 18.5 Å². The maximum atomic E-state index is 11.4. The fourth-order valence-electron chi connectivity index (χ4n) is 1.55. The molecule has 0 saturated carbocycles. The zero-order valence-corrected chi connectivity index (χ0v) is 9.50. The molecular weight excluding hydrogens is 228 g/mol. The fourth-order valence-corrected chi connectivity index (χ4v) is 1.55. The highest BCUT2D eigenvalue weighted by Crippen LogP contribution is 2.26. The van der Waals surface area contributed by atoms with Gasteiger partial charge in [-0.2, -0.15) is 5.26 Å². The maximum absolute atomic E-state index is 11.4. The quantitative estimate of drug-likeness (QED) is 0.886. The van der Waals surface area contributed by atoms with Crippen molar-refractivity contribution in [3.8, 4) is 17.2 Å². The van der Waals surface area contributed by atoms with E-state index < -0.39 is 0 Å². The first-order valence-corrected chi connectivity index (χ1v) is 5.32. The predicted octanol–water partition coefficient (Wildman–Crippen LogP) is 2.00. The van der Waals surface area contributed by atoms with Gasteiger partial charge in [-0.3, -0.25) is 4.79 Å². The van der Waals surface area contributed by atoms with E-state index in [2.05, 4.69) is 15.3 Å². The summed E-state index contributed by atoms with van der Waals surface area (Å²) in [7, 11) is 0. The molecule has 5 heteroatoms. The molecule has 1 heterocycles. The summed E-state index contributed by atoms with van der Waals surface area (Å²) in [6, 6.07) is 9.13. The topological polar surface area (TPSA) is 78.7 Å². The Morgan fingerprint density at radius 1 is 1.28 bits per heavy atom. The lowest BCUT2D eigenvalue weighted by molar-refractivity contribution is -0.115. The first kappa shape index (κ1) is 11.7. The first-order chi connectivity index (χ1) is 8.81. The molecule has 88 valence electrons. The second kappa shape index (κ2) is 5.55. The maximum Gasteiger partial charge on any atom is 0.238 e. The summed E-state index contributed by atoms with van der Waals surface area (Å²) in [5.74, 6) is -0.332. The number of hydrogen-bond donors (Lipinski definition) is 1. The fraction of sp³-hybridized carbons (Fsp3) is 0.0769. The number of aromatic nitrogens is 2. The van der Waals surface area contributed by atoms with Crippen molar-refractivity contribution >= 4 is 11.6 Å². The van der Waals surface area contributed by atoms with Crippen LogP contribution in [0.3, 0.4) is 0 Å². The number of para-hydroxylation sites is 1. The average molecular weight is 238 g/mol. The molecule has 0 aliphatic carbocycles. The normalized spacial score (nSPS) is 9.50. The molecule has 0 atom stereocenters. The largest absolute Gasteiger partial charge is 0.325 e. The lowest BCUT2D eigenvalue weighted by atomic mass is 10.1. The number of nitrogens with zero attached hydrogens (tertiary/aromatic N) is 3. The number of carbonyl (C=O) groups is 1. The third-order valence-corrected chi connectivity index (χ3v) is 2.31. The predicted molar refractivity (Wildman–Crippen MR) is 66.3 cm³/mol. The van der Waals surface area contributed by atoms with Gasteiger partial charge >= 0.3 is 0 Å². The molecule has 0 spiro atoms. The first-order valence-electron chi connectivity index (χ1n) is 5.32. The number of nitrogens with one attached hydrogen (secondary N) is 1. The van der Waals surface area contributed by atoms with Crippen LogP contribution < -0.4 is 5.32 Å². The highest BCUT2D eigenvalue weighted by molar-refractivity contribution is 5.96. The van der Waals surface area contributed by atoms with Gasteiger partial charge in [0.25, 0.3) is 0 Å². The van der Waals surface area contributed by atoms with Crippen molar-refractivity contribution in [3.63, 3.8) is 0 Å². The smallest absolute Gasteiger partial charge is 0.238 e. The Labute approximate surface area is 104 Å². The van der Waals surface area contributed by atoms with Crippen LogP contribution in [0.5, 0.6) is 0 Å². The van der Waals surface area contributed by atoms with Crippen LogP contribution in [-0.4, -0.2) is 15.9 Å². The highest BCUT2D eigenvalue weighted by atomic mass is 16.1. The van der Waals surface area contributed by atoms with E-state index in [1.165, 1.54) is 6.33 Å². The van der Waals surface area contributed by atoms with Crippen molar-refractivity contribution in [2.24, 2.45) is 0 Å². The molecule has 2 rings (SSSR count). The van der Waals surface area contributed by atoms with E-state index in [4.69, 9.17) is 5.26 Å². The van der Waals surface area contributed by atoms with E-state index in [-0.39, 0.29) is 12.3 Å². The van der Waals surface area contributed by atoms with Crippen LogP contribution in [0.2, 0.25) is 0 Å². The Balaban J connectivity index is 2.32. The molecule has 0 aliphatic heterocycles. The molecule has 0 bridgehead atoms. The third-order valence-electron chi connectivity index (χ3n) is 2.31. The summed E-state index contributed by atoms with van der Waals surface area (Å²) >= 11 is 0. The van der Waals surface area contributed by atoms with Gasteiger partial charge in [0.05, 0.1) is 6.07 Å². The van der Waals surface area contributed by atoms with Gasteiger partial charge in [0.1, 0.15) is 12.7 Å². The van der Waals surface area contributed by atoms with Crippen LogP contribution in [0.4, 0.5) is 5.69 Å². The summed E-state index contributed by atoms with van der Waals surface area (Å²) in [6.45, 7) is 0. The van der Waals surface area contributed by atoms with Crippen LogP contribution in [0.15, 0.2) is 43.0 Å². The van der Waals surface area contributed by atoms with E-state index in [0.29, 0.717) is 5.69 Å². The molecule has 1 aromatic heterocycles. The van der Waals surface area contributed by atoms with E-state index >= 15 is 0 Å². The molecular formula is C13H10N4O. The Kier molecular flexibility index (Phi) is 3.62. The second-order valence-corrected chi connectivity index (χ2v) is 3.56. The van der Waals surface area contributed by atoms with E-state index in [0.717, 1.165) is 11.1 Å². The molecule has 1 N–H and O–H groups in total. The minimum Gasteiger partial charge on any atom is -0.325 e. The molecule has 1 aromatic carbocycles. The number of rotatable bonds is 3. The van der Waals surface area contributed by atoms with Gasteiger partial charge in [0.15, 0.2) is 0 Å². The molecule has 0 fully saturated rings. The van der Waals surface area contributed by atoms with Crippen LogP contribution in [-0.2, 0) is 4.79 Å².